The van der Waals surface area contributed by atoms with Crippen molar-refractivity contribution >= 4 is 15.9 Å². The van der Waals surface area contributed by atoms with Gasteiger partial charge in [0.2, 0.25) is 5.88 Å². The van der Waals surface area contributed by atoms with E-state index in [-0.39, 0.29) is 33.5 Å². The molecule has 3 aromatic rings. The van der Waals surface area contributed by atoms with E-state index in [4.69, 9.17) is 4.74 Å². The number of aromatic nitrogens is 5. The van der Waals surface area contributed by atoms with Crippen LogP contribution in [-0.2, 0) is 17.1 Å². The SMILES string of the molecule is Cc1nc(-n2ccc(OCC(C)(C)C(F)(F)F)n2)ccc1C(=O)NS(=O)(=O)c1cn(C)nc1C. The number of alkyl halides is 3. The fraction of sp³-hybridized carbons (Fsp3) is 0.400. The minimum Gasteiger partial charge on any atom is -0.476 e. The van der Waals surface area contributed by atoms with E-state index in [1.165, 1.54) is 53.8 Å². The lowest BCUT2D eigenvalue weighted by molar-refractivity contribution is -0.219. The van der Waals surface area contributed by atoms with Crippen LogP contribution in [0.4, 0.5) is 13.2 Å². The molecule has 0 radical (unpaired) electrons. The van der Waals surface area contributed by atoms with Crippen LogP contribution in [0, 0.1) is 19.3 Å². The minimum atomic E-state index is -4.44. The Morgan fingerprint density at radius 2 is 1.79 bits per heavy atom. The van der Waals surface area contributed by atoms with Gasteiger partial charge >= 0.3 is 6.18 Å². The lowest BCUT2D eigenvalue weighted by atomic mass is 9.94. The Kier molecular flexibility index (Phi) is 6.48. The Bertz CT molecular complexity index is 1330. The summed E-state index contributed by atoms with van der Waals surface area (Å²) in [6.45, 7) is 4.44. The van der Waals surface area contributed by atoms with Gasteiger partial charge in [0.15, 0.2) is 5.82 Å². The van der Waals surface area contributed by atoms with Gasteiger partial charge in [-0.05, 0) is 39.8 Å². The Hall–Kier alpha value is -3.42. The average Bonchev–Trinajstić information content (AvgIpc) is 3.31. The van der Waals surface area contributed by atoms with E-state index >= 15 is 0 Å². The van der Waals surface area contributed by atoms with Crippen molar-refractivity contribution in [2.75, 3.05) is 6.61 Å². The number of nitrogens with zero attached hydrogens (tertiary/aromatic N) is 5. The molecule has 14 heteroatoms. The summed E-state index contributed by atoms with van der Waals surface area (Å²) in [6, 6.07) is 4.17. The monoisotopic (exact) mass is 500 g/mol. The van der Waals surface area contributed by atoms with Crippen molar-refractivity contribution in [3.8, 4) is 11.7 Å². The van der Waals surface area contributed by atoms with Gasteiger partial charge in [-0.2, -0.15) is 18.3 Å². The number of rotatable bonds is 7. The summed E-state index contributed by atoms with van der Waals surface area (Å²) in [5.74, 6) is -0.653. The van der Waals surface area contributed by atoms with Gasteiger partial charge in [-0.15, -0.1) is 5.10 Å². The molecule has 0 aliphatic carbocycles. The molecule has 0 bridgehead atoms. The van der Waals surface area contributed by atoms with E-state index in [0.717, 1.165) is 13.8 Å². The van der Waals surface area contributed by atoms with Crippen molar-refractivity contribution in [3.63, 3.8) is 0 Å². The van der Waals surface area contributed by atoms with Gasteiger partial charge in [0.1, 0.15) is 11.5 Å². The van der Waals surface area contributed by atoms with Crippen LogP contribution in [0.5, 0.6) is 5.88 Å². The first-order chi connectivity index (χ1) is 15.6. The Labute approximate surface area is 193 Å². The predicted molar refractivity (Wildman–Crippen MR) is 114 cm³/mol. The maximum atomic E-state index is 13.0. The third kappa shape index (κ3) is 5.21. The van der Waals surface area contributed by atoms with Crippen LogP contribution < -0.4 is 9.46 Å². The fourth-order valence-electron chi connectivity index (χ4n) is 2.84. The van der Waals surface area contributed by atoms with Crippen molar-refractivity contribution in [3.05, 3.63) is 47.5 Å². The summed E-state index contributed by atoms with van der Waals surface area (Å²) in [5, 5.41) is 8.01. The second-order valence-electron chi connectivity index (χ2n) is 8.26. The van der Waals surface area contributed by atoms with E-state index in [0.29, 0.717) is 0 Å². The third-order valence-electron chi connectivity index (χ3n) is 4.95. The lowest BCUT2D eigenvalue weighted by Gasteiger charge is -2.26. The van der Waals surface area contributed by atoms with Crippen LogP contribution in [-0.4, -0.2) is 51.7 Å². The molecule has 0 spiro atoms. The van der Waals surface area contributed by atoms with E-state index in [2.05, 4.69) is 15.2 Å². The molecule has 0 aromatic carbocycles. The molecule has 10 nitrogen and oxygen atoms in total. The molecule has 3 heterocycles. The molecule has 0 fully saturated rings. The van der Waals surface area contributed by atoms with Crippen LogP contribution in [0.25, 0.3) is 5.82 Å². The predicted octanol–water partition coefficient (Wildman–Crippen LogP) is 2.70. The van der Waals surface area contributed by atoms with Gasteiger partial charge in [0, 0.05) is 25.5 Å². The first-order valence-electron chi connectivity index (χ1n) is 9.91. The number of pyridine rings is 1. The first-order valence-corrected chi connectivity index (χ1v) is 11.4. The number of halogens is 3. The number of sulfonamides is 1. The van der Waals surface area contributed by atoms with Gasteiger partial charge < -0.3 is 4.74 Å². The number of carbonyl (C=O) groups excluding carboxylic acids is 1. The molecular weight excluding hydrogens is 477 g/mol. The van der Waals surface area contributed by atoms with Crippen molar-refractivity contribution < 1.29 is 31.1 Å². The minimum absolute atomic E-state index is 0.0180. The molecular formula is C20H23F3N6O4S. The van der Waals surface area contributed by atoms with Gasteiger partial charge in [-0.3, -0.25) is 9.48 Å². The highest BCUT2D eigenvalue weighted by Crippen LogP contribution is 2.37. The van der Waals surface area contributed by atoms with E-state index in [1.54, 1.807) is 7.05 Å². The van der Waals surface area contributed by atoms with Crippen LogP contribution >= 0.6 is 0 Å². The van der Waals surface area contributed by atoms with Crippen molar-refractivity contribution in [2.24, 2.45) is 12.5 Å². The van der Waals surface area contributed by atoms with E-state index in [1.807, 2.05) is 4.72 Å². The van der Waals surface area contributed by atoms with Crippen LogP contribution in [0.15, 0.2) is 35.5 Å². The number of aryl methyl sites for hydroxylation is 3. The molecule has 0 atom stereocenters. The summed E-state index contributed by atoms with van der Waals surface area (Å²) in [4.78, 5) is 16.7. The summed E-state index contributed by atoms with van der Waals surface area (Å²) in [5.41, 5.74) is -1.59. The summed E-state index contributed by atoms with van der Waals surface area (Å²) < 4.78 is 73.8. The molecule has 184 valence electrons. The van der Waals surface area contributed by atoms with Gasteiger partial charge in [-0.25, -0.2) is 22.8 Å². The Morgan fingerprint density at radius 3 is 2.35 bits per heavy atom. The van der Waals surface area contributed by atoms with Crippen molar-refractivity contribution in [1.29, 1.82) is 0 Å². The van der Waals surface area contributed by atoms with Gasteiger partial charge in [0.05, 0.1) is 22.4 Å². The molecule has 0 aliphatic heterocycles. The van der Waals surface area contributed by atoms with E-state index in [9.17, 15) is 26.4 Å². The highest BCUT2D eigenvalue weighted by atomic mass is 32.2. The quantitative estimate of drug-likeness (QED) is 0.529. The number of nitrogens with one attached hydrogen (secondary N) is 1. The van der Waals surface area contributed by atoms with Gasteiger partial charge in [-0.1, -0.05) is 0 Å². The zero-order valence-corrected chi connectivity index (χ0v) is 19.8. The third-order valence-corrected chi connectivity index (χ3v) is 6.38. The number of hydrogen-bond donors (Lipinski definition) is 1. The zero-order chi connectivity index (χ0) is 25.5. The summed E-state index contributed by atoms with van der Waals surface area (Å²) in [6.07, 6.45) is -1.72. The standard InChI is InChI=1S/C20H23F3N6O4S/c1-12-14(18(30)27-34(31,32)15-10-28(5)25-13(15)2)6-7-16(24-12)29-9-8-17(26-29)33-11-19(3,4)20(21,22)23/h6-10H,11H2,1-5H3,(H,27,30). The smallest absolute Gasteiger partial charge is 0.397 e. The second-order valence-corrected chi connectivity index (χ2v) is 9.91. The molecule has 0 unspecified atom stereocenters. The normalized spacial score (nSPS) is 12.6. The number of amides is 1. The van der Waals surface area contributed by atoms with Crippen LogP contribution in [0.3, 0.4) is 0 Å². The molecule has 34 heavy (non-hydrogen) atoms. The number of hydrogen-bond acceptors (Lipinski definition) is 7. The molecule has 0 saturated carbocycles. The van der Waals surface area contributed by atoms with Crippen LogP contribution in [0.1, 0.15) is 35.6 Å². The maximum Gasteiger partial charge on any atom is 0.397 e. The first kappa shape index (κ1) is 25.2. The Morgan fingerprint density at radius 1 is 1.12 bits per heavy atom. The molecule has 1 amide bonds. The Balaban J connectivity index is 1.74. The fourth-order valence-corrected chi connectivity index (χ4v) is 4.02. The number of carbonyl (C=O) groups is 1. The van der Waals surface area contributed by atoms with Crippen molar-refractivity contribution in [2.45, 2.75) is 38.8 Å². The highest BCUT2D eigenvalue weighted by Gasteiger charge is 2.48. The molecule has 3 rings (SSSR count). The summed E-state index contributed by atoms with van der Waals surface area (Å²) >= 11 is 0. The molecule has 0 saturated heterocycles. The van der Waals surface area contributed by atoms with E-state index < -0.39 is 34.1 Å². The molecule has 3 aromatic heterocycles. The average molecular weight is 501 g/mol. The maximum absolute atomic E-state index is 13.0. The second kappa shape index (κ2) is 8.74. The highest BCUT2D eigenvalue weighted by molar-refractivity contribution is 7.90. The van der Waals surface area contributed by atoms with Gasteiger partial charge in [0.25, 0.3) is 15.9 Å². The molecule has 1 N–H and O–H groups in total. The van der Waals surface area contributed by atoms with Crippen LogP contribution in [0.2, 0.25) is 0 Å². The largest absolute Gasteiger partial charge is 0.476 e. The topological polar surface area (TPSA) is 121 Å². The molecule has 0 aliphatic rings. The number of ether oxygens (including phenoxy) is 1. The lowest BCUT2D eigenvalue weighted by Crippen LogP contribution is -2.37. The summed E-state index contributed by atoms with van der Waals surface area (Å²) in [7, 11) is -2.59. The van der Waals surface area contributed by atoms with Crippen molar-refractivity contribution in [1.82, 2.24) is 29.3 Å². The zero-order valence-electron chi connectivity index (χ0n) is 19.0.